The third-order valence-corrected chi connectivity index (χ3v) is 3.15. The summed E-state index contributed by atoms with van der Waals surface area (Å²) in [4.78, 5) is 26.5. The number of nitrogens with zero attached hydrogens (tertiary/aromatic N) is 1. The summed E-state index contributed by atoms with van der Waals surface area (Å²) in [5.74, 6) is -1.55. The van der Waals surface area contributed by atoms with Crippen molar-refractivity contribution < 1.29 is 14.7 Å². The van der Waals surface area contributed by atoms with Gasteiger partial charge >= 0.3 is 5.97 Å². The van der Waals surface area contributed by atoms with Crippen LogP contribution < -0.4 is 11.1 Å². The highest BCUT2D eigenvalue weighted by Gasteiger charge is 2.22. The van der Waals surface area contributed by atoms with Gasteiger partial charge in [0.1, 0.15) is 6.04 Å². The number of aryl methyl sites for hydroxylation is 1. The largest absolute Gasteiger partial charge is 0.476 e. The number of nitrogens with one attached hydrogen (secondary N) is 1. The summed E-state index contributed by atoms with van der Waals surface area (Å²) in [7, 11) is 0. The van der Waals surface area contributed by atoms with Crippen molar-refractivity contribution in [2.75, 3.05) is 5.32 Å². The molecule has 0 saturated heterocycles. The molecule has 1 heterocycles. The fourth-order valence-electron chi connectivity index (χ4n) is 1.36. The number of aromatic carboxylic acids is 1. The molecular formula is C10H15N3O3S. The smallest absolute Gasteiger partial charge is 0.355 e. The third kappa shape index (κ3) is 3.16. The Morgan fingerprint density at radius 3 is 2.41 bits per heavy atom. The van der Waals surface area contributed by atoms with Crippen molar-refractivity contribution in [3.63, 3.8) is 0 Å². The molecule has 6 nitrogen and oxygen atoms in total. The Hall–Kier alpha value is -1.63. The van der Waals surface area contributed by atoms with Crippen LogP contribution in [0.15, 0.2) is 0 Å². The quantitative estimate of drug-likeness (QED) is 0.731. The molecule has 94 valence electrons. The van der Waals surface area contributed by atoms with Gasteiger partial charge in [0.2, 0.25) is 5.91 Å². The lowest BCUT2D eigenvalue weighted by atomic mass is 10.0. The van der Waals surface area contributed by atoms with Gasteiger partial charge in [-0.05, 0) is 12.8 Å². The maximum Gasteiger partial charge on any atom is 0.355 e. The van der Waals surface area contributed by atoms with E-state index in [1.165, 1.54) is 11.3 Å². The summed E-state index contributed by atoms with van der Waals surface area (Å²) in [5.41, 5.74) is 5.25. The van der Waals surface area contributed by atoms with Gasteiger partial charge in [-0.25, -0.2) is 9.78 Å². The number of carboxylic acids is 1. The molecule has 1 rings (SSSR count). The number of aromatic nitrogens is 1. The minimum atomic E-state index is -1.08. The third-order valence-electron chi connectivity index (χ3n) is 2.25. The molecule has 7 heteroatoms. The minimum Gasteiger partial charge on any atom is -0.476 e. The van der Waals surface area contributed by atoms with E-state index in [9.17, 15) is 9.59 Å². The Balaban J connectivity index is 2.91. The fraction of sp³-hybridized carbons (Fsp3) is 0.500. The Morgan fingerprint density at radius 2 is 2.06 bits per heavy atom. The number of hydrogen-bond acceptors (Lipinski definition) is 5. The van der Waals surface area contributed by atoms with E-state index in [2.05, 4.69) is 10.3 Å². The van der Waals surface area contributed by atoms with E-state index in [-0.39, 0.29) is 11.6 Å². The zero-order valence-electron chi connectivity index (χ0n) is 9.85. The second kappa shape index (κ2) is 5.13. The Labute approximate surface area is 103 Å². The predicted molar refractivity (Wildman–Crippen MR) is 65.3 cm³/mol. The molecule has 0 saturated carbocycles. The molecule has 1 amide bonds. The van der Waals surface area contributed by atoms with Crippen LogP contribution in [0.5, 0.6) is 0 Å². The number of amides is 1. The van der Waals surface area contributed by atoms with E-state index in [1.807, 2.05) is 13.8 Å². The molecule has 1 aromatic heterocycles. The number of carbonyl (C=O) groups is 2. The summed E-state index contributed by atoms with van der Waals surface area (Å²) in [6.45, 7) is 5.36. The molecule has 1 unspecified atom stereocenters. The number of nitrogens with two attached hydrogens (primary N) is 1. The van der Waals surface area contributed by atoms with E-state index in [0.29, 0.717) is 10.0 Å². The first kappa shape index (κ1) is 13.4. The normalized spacial score (nSPS) is 12.5. The van der Waals surface area contributed by atoms with E-state index in [4.69, 9.17) is 10.8 Å². The molecule has 0 bridgehead atoms. The highest BCUT2D eigenvalue weighted by molar-refractivity contribution is 7.15. The molecule has 1 atom stereocenters. The average Bonchev–Trinajstić information content (AvgIpc) is 2.55. The molecule has 0 aliphatic heterocycles. The van der Waals surface area contributed by atoms with Gasteiger partial charge < -0.3 is 16.2 Å². The molecular weight excluding hydrogens is 242 g/mol. The molecule has 0 aliphatic carbocycles. The predicted octanol–water partition coefficient (Wildman–Crippen LogP) is 1.07. The van der Waals surface area contributed by atoms with Crippen molar-refractivity contribution in [1.82, 2.24) is 4.98 Å². The van der Waals surface area contributed by atoms with Gasteiger partial charge in [-0.1, -0.05) is 13.8 Å². The fourth-order valence-corrected chi connectivity index (χ4v) is 2.20. The van der Waals surface area contributed by atoms with Crippen molar-refractivity contribution in [3.8, 4) is 0 Å². The van der Waals surface area contributed by atoms with Crippen LogP contribution in [0.3, 0.4) is 0 Å². The number of carboxylic acid groups (broad SMARTS) is 1. The van der Waals surface area contributed by atoms with Crippen molar-refractivity contribution in [2.24, 2.45) is 11.7 Å². The lowest BCUT2D eigenvalue weighted by molar-refractivity contribution is -0.119. The van der Waals surface area contributed by atoms with Gasteiger partial charge in [0.25, 0.3) is 0 Å². The topological polar surface area (TPSA) is 105 Å². The van der Waals surface area contributed by atoms with Crippen LogP contribution >= 0.6 is 11.3 Å². The van der Waals surface area contributed by atoms with E-state index in [1.54, 1.807) is 6.92 Å². The first-order valence-electron chi connectivity index (χ1n) is 5.09. The van der Waals surface area contributed by atoms with Crippen molar-refractivity contribution in [3.05, 3.63) is 10.6 Å². The molecule has 0 aromatic carbocycles. The SMILES string of the molecule is Cc1sc(NC(C(N)=O)C(C)C)nc1C(=O)O. The molecule has 0 aliphatic rings. The van der Waals surface area contributed by atoms with E-state index < -0.39 is 17.9 Å². The van der Waals surface area contributed by atoms with Gasteiger partial charge in [-0.15, -0.1) is 11.3 Å². The van der Waals surface area contributed by atoms with Crippen LogP contribution in [0.2, 0.25) is 0 Å². The van der Waals surface area contributed by atoms with Crippen LogP contribution in [0.25, 0.3) is 0 Å². The lowest BCUT2D eigenvalue weighted by Gasteiger charge is -2.17. The summed E-state index contributed by atoms with van der Waals surface area (Å²) < 4.78 is 0. The Bertz CT molecular complexity index is 442. The van der Waals surface area contributed by atoms with Gasteiger partial charge in [-0.3, -0.25) is 4.79 Å². The van der Waals surface area contributed by atoms with E-state index >= 15 is 0 Å². The Kier molecular flexibility index (Phi) is 4.06. The number of rotatable bonds is 5. The van der Waals surface area contributed by atoms with Gasteiger partial charge in [0.15, 0.2) is 10.8 Å². The van der Waals surface area contributed by atoms with E-state index in [0.717, 1.165) is 0 Å². The van der Waals surface area contributed by atoms with Crippen LogP contribution in [0, 0.1) is 12.8 Å². The Morgan fingerprint density at radius 1 is 1.47 bits per heavy atom. The number of primary amides is 1. The second-order valence-corrected chi connectivity index (χ2v) is 5.20. The van der Waals surface area contributed by atoms with Crippen LogP contribution in [0.1, 0.15) is 29.2 Å². The van der Waals surface area contributed by atoms with Gasteiger partial charge in [0.05, 0.1) is 0 Å². The van der Waals surface area contributed by atoms with Crippen molar-refractivity contribution in [1.29, 1.82) is 0 Å². The monoisotopic (exact) mass is 257 g/mol. The maximum atomic E-state index is 11.2. The number of anilines is 1. The first-order valence-corrected chi connectivity index (χ1v) is 5.91. The summed E-state index contributed by atoms with van der Waals surface area (Å²) in [5, 5.41) is 12.1. The minimum absolute atomic E-state index is 0.00414. The molecule has 4 N–H and O–H groups in total. The lowest BCUT2D eigenvalue weighted by Crippen LogP contribution is -2.39. The first-order chi connectivity index (χ1) is 7.82. The summed E-state index contributed by atoms with van der Waals surface area (Å²) >= 11 is 1.19. The highest BCUT2D eigenvalue weighted by atomic mass is 32.1. The zero-order valence-corrected chi connectivity index (χ0v) is 10.7. The number of hydrogen-bond donors (Lipinski definition) is 3. The van der Waals surface area contributed by atoms with Crippen LogP contribution in [-0.4, -0.2) is 28.0 Å². The van der Waals surface area contributed by atoms with Gasteiger partial charge in [-0.2, -0.15) is 0 Å². The highest BCUT2D eigenvalue weighted by Crippen LogP contribution is 2.23. The summed E-state index contributed by atoms with van der Waals surface area (Å²) in [6.07, 6.45) is 0. The molecule has 17 heavy (non-hydrogen) atoms. The van der Waals surface area contributed by atoms with Crippen LogP contribution in [0.4, 0.5) is 5.13 Å². The average molecular weight is 257 g/mol. The van der Waals surface area contributed by atoms with Crippen molar-refractivity contribution >= 4 is 28.3 Å². The zero-order chi connectivity index (χ0) is 13.2. The molecule has 1 aromatic rings. The maximum absolute atomic E-state index is 11.2. The van der Waals surface area contributed by atoms with Crippen LogP contribution in [-0.2, 0) is 4.79 Å². The number of carbonyl (C=O) groups excluding carboxylic acids is 1. The molecule has 0 radical (unpaired) electrons. The molecule has 0 fully saturated rings. The molecule has 0 spiro atoms. The standard InChI is InChI=1S/C10H15N3O3S/c1-4(2)6(8(11)14)12-10-13-7(9(15)16)5(3)17-10/h4,6H,1-3H3,(H2,11,14)(H,12,13)(H,15,16). The van der Waals surface area contributed by atoms with Gasteiger partial charge in [0, 0.05) is 4.88 Å². The second-order valence-electron chi connectivity index (χ2n) is 4.00. The summed E-state index contributed by atoms with van der Waals surface area (Å²) in [6, 6.07) is -0.554. The van der Waals surface area contributed by atoms with Crippen molar-refractivity contribution in [2.45, 2.75) is 26.8 Å². The number of thiazole rings is 1.